The number of pyridine rings is 1. The van der Waals surface area contributed by atoms with Gasteiger partial charge in [0.1, 0.15) is 6.04 Å². The SMILES string of the molecule is CO[C@@H](C)CC(C(=O)Nc1ccc(C(N)=O)cc1)n1cc2c(cc1=O)-c1cc(Cl)ccc1C[C@@H](C(F)(F)F)OC2. The van der Waals surface area contributed by atoms with E-state index in [1.807, 2.05) is 0 Å². The summed E-state index contributed by atoms with van der Waals surface area (Å²) in [5, 5.41) is 3.01. The maximum atomic E-state index is 13.7. The van der Waals surface area contributed by atoms with E-state index in [1.54, 1.807) is 6.92 Å². The second-order valence-corrected chi connectivity index (χ2v) is 9.97. The monoisotopic (exact) mass is 577 g/mol. The van der Waals surface area contributed by atoms with Crippen molar-refractivity contribution in [2.24, 2.45) is 5.73 Å². The first-order chi connectivity index (χ1) is 18.9. The summed E-state index contributed by atoms with van der Waals surface area (Å²) in [6.07, 6.45) is -6.16. The summed E-state index contributed by atoms with van der Waals surface area (Å²) in [6.45, 7) is 1.27. The van der Waals surface area contributed by atoms with Gasteiger partial charge < -0.3 is 25.1 Å². The van der Waals surface area contributed by atoms with E-state index in [4.69, 9.17) is 26.8 Å². The lowest BCUT2D eigenvalue weighted by molar-refractivity contribution is -0.223. The van der Waals surface area contributed by atoms with Crippen molar-refractivity contribution in [3.05, 3.63) is 86.8 Å². The highest BCUT2D eigenvalue weighted by Crippen LogP contribution is 2.36. The number of amides is 2. The van der Waals surface area contributed by atoms with Crippen molar-refractivity contribution in [1.29, 1.82) is 0 Å². The van der Waals surface area contributed by atoms with E-state index >= 15 is 0 Å². The Hall–Kier alpha value is -3.67. The molecule has 0 saturated carbocycles. The van der Waals surface area contributed by atoms with Gasteiger partial charge in [0.25, 0.3) is 5.56 Å². The normalized spacial score (nSPS) is 16.6. The van der Waals surface area contributed by atoms with Crippen LogP contribution < -0.4 is 16.6 Å². The molecule has 1 unspecified atom stereocenters. The van der Waals surface area contributed by atoms with Gasteiger partial charge in [-0.15, -0.1) is 0 Å². The molecule has 0 saturated heterocycles. The minimum absolute atomic E-state index is 0.0782. The summed E-state index contributed by atoms with van der Waals surface area (Å²) >= 11 is 6.17. The zero-order chi connectivity index (χ0) is 29.2. The van der Waals surface area contributed by atoms with E-state index < -0.39 is 54.8 Å². The highest BCUT2D eigenvalue weighted by molar-refractivity contribution is 6.30. The Morgan fingerprint density at radius 2 is 1.82 bits per heavy atom. The van der Waals surface area contributed by atoms with Gasteiger partial charge in [0.15, 0.2) is 6.10 Å². The number of anilines is 1. The first-order valence-corrected chi connectivity index (χ1v) is 12.7. The fraction of sp³-hybridized carbons (Fsp3) is 0.321. The van der Waals surface area contributed by atoms with Crippen LogP contribution in [-0.4, -0.2) is 41.9 Å². The van der Waals surface area contributed by atoms with Crippen LogP contribution in [0.1, 0.15) is 40.9 Å². The van der Waals surface area contributed by atoms with Gasteiger partial charge in [-0.05, 0) is 60.0 Å². The molecular formula is C28H27ClF3N3O5. The van der Waals surface area contributed by atoms with Crippen LogP contribution in [0.5, 0.6) is 0 Å². The zero-order valence-corrected chi connectivity index (χ0v) is 22.4. The first-order valence-electron chi connectivity index (χ1n) is 12.3. The number of benzene rings is 2. The summed E-state index contributed by atoms with van der Waals surface area (Å²) in [7, 11) is 1.46. The Morgan fingerprint density at radius 1 is 1.15 bits per heavy atom. The largest absolute Gasteiger partial charge is 0.414 e. The van der Waals surface area contributed by atoms with Gasteiger partial charge in [0.2, 0.25) is 11.8 Å². The van der Waals surface area contributed by atoms with Crippen LogP contribution in [0.2, 0.25) is 5.02 Å². The highest BCUT2D eigenvalue weighted by atomic mass is 35.5. The Kier molecular flexibility index (Phi) is 8.67. The molecule has 12 heteroatoms. The summed E-state index contributed by atoms with van der Waals surface area (Å²) in [4.78, 5) is 38.2. The van der Waals surface area contributed by atoms with Crippen LogP contribution in [0.25, 0.3) is 11.1 Å². The predicted octanol–water partition coefficient (Wildman–Crippen LogP) is 4.88. The number of alkyl halides is 3. The molecule has 8 nitrogen and oxygen atoms in total. The summed E-state index contributed by atoms with van der Waals surface area (Å²) < 4.78 is 53.0. The quantitative estimate of drug-likeness (QED) is 0.416. The molecule has 4 rings (SSSR count). The van der Waals surface area contributed by atoms with Crippen LogP contribution in [-0.2, 0) is 27.3 Å². The fourth-order valence-electron chi connectivity index (χ4n) is 4.54. The average Bonchev–Trinajstić information content (AvgIpc) is 2.89. The number of hydrogen-bond donors (Lipinski definition) is 2. The van der Waals surface area contributed by atoms with Crippen LogP contribution in [0, 0.1) is 0 Å². The molecule has 0 radical (unpaired) electrons. The summed E-state index contributed by atoms with van der Waals surface area (Å²) in [5.41, 5.74) is 6.69. The minimum Gasteiger partial charge on any atom is -0.382 e. The van der Waals surface area contributed by atoms with E-state index in [9.17, 15) is 27.6 Å². The molecule has 0 aliphatic carbocycles. The molecule has 1 aliphatic rings. The third-order valence-electron chi connectivity index (χ3n) is 6.77. The topological polar surface area (TPSA) is 113 Å². The molecule has 2 heterocycles. The van der Waals surface area contributed by atoms with Crippen molar-refractivity contribution < 1.29 is 32.2 Å². The van der Waals surface area contributed by atoms with E-state index in [1.165, 1.54) is 66.4 Å². The molecule has 2 aromatic carbocycles. The molecule has 3 atom stereocenters. The molecular weight excluding hydrogens is 551 g/mol. The van der Waals surface area contributed by atoms with Crippen molar-refractivity contribution in [3.63, 3.8) is 0 Å². The predicted molar refractivity (Wildman–Crippen MR) is 143 cm³/mol. The average molecular weight is 578 g/mol. The number of nitrogens with zero attached hydrogens (tertiary/aromatic N) is 1. The zero-order valence-electron chi connectivity index (χ0n) is 21.6. The number of nitrogens with two attached hydrogens (primary N) is 1. The molecule has 0 fully saturated rings. The number of carbonyl (C=O) groups excluding carboxylic acids is 2. The van der Waals surface area contributed by atoms with E-state index in [2.05, 4.69) is 5.32 Å². The number of aromatic nitrogens is 1. The number of methoxy groups -OCH3 is 1. The van der Waals surface area contributed by atoms with E-state index in [0.29, 0.717) is 27.4 Å². The number of fused-ring (bicyclic) bond motifs is 3. The van der Waals surface area contributed by atoms with Gasteiger partial charge in [-0.25, -0.2) is 0 Å². The van der Waals surface area contributed by atoms with Gasteiger partial charge in [-0.2, -0.15) is 13.2 Å². The number of nitrogens with one attached hydrogen (secondary N) is 1. The molecule has 212 valence electrons. The summed E-state index contributed by atoms with van der Waals surface area (Å²) in [5.74, 6) is -1.20. The smallest absolute Gasteiger partial charge is 0.382 e. The van der Waals surface area contributed by atoms with Crippen molar-refractivity contribution in [2.75, 3.05) is 12.4 Å². The van der Waals surface area contributed by atoms with Crippen LogP contribution in [0.15, 0.2) is 59.5 Å². The lowest BCUT2D eigenvalue weighted by Gasteiger charge is -2.28. The number of hydrogen-bond acceptors (Lipinski definition) is 5. The Morgan fingerprint density at radius 3 is 2.45 bits per heavy atom. The number of ether oxygens (including phenoxy) is 2. The Balaban J connectivity index is 1.77. The number of carbonyl (C=O) groups is 2. The van der Waals surface area contributed by atoms with Crippen molar-refractivity contribution in [2.45, 2.75) is 50.8 Å². The van der Waals surface area contributed by atoms with E-state index in [0.717, 1.165) is 0 Å². The molecule has 2 amide bonds. The second kappa shape index (κ2) is 11.8. The summed E-state index contributed by atoms with van der Waals surface area (Å²) in [6, 6.07) is 10.5. The lowest BCUT2D eigenvalue weighted by Crippen LogP contribution is -2.37. The molecule has 1 aliphatic heterocycles. The van der Waals surface area contributed by atoms with Gasteiger partial charge in [-0.1, -0.05) is 17.7 Å². The minimum atomic E-state index is -4.62. The molecule has 1 aromatic heterocycles. The maximum absolute atomic E-state index is 13.7. The number of primary amides is 1. The van der Waals surface area contributed by atoms with Crippen molar-refractivity contribution in [1.82, 2.24) is 4.57 Å². The third-order valence-corrected chi connectivity index (χ3v) is 7.00. The molecule has 3 N–H and O–H groups in total. The van der Waals surface area contributed by atoms with Crippen LogP contribution in [0.3, 0.4) is 0 Å². The molecule has 0 bridgehead atoms. The highest BCUT2D eigenvalue weighted by Gasteiger charge is 2.42. The molecule has 40 heavy (non-hydrogen) atoms. The van der Waals surface area contributed by atoms with Gasteiger partial charge in [-0.3, -0.25) is 14.4 Å². The number of halogens is 4. The lowest BCUT2D eigenvalue weighted by atomic mass is 9.92. The third kappa shape index (κ3) is 6.55. The standard InChI is InChI=1S/C28H27ClF3N3O5/c1-15(39-2)9-23(27(38)34-20-7-4-16(5-8-20)26(33)37)35-13-18-14-40-24(28(30,31)32)10-17-3-6-19(29)11-21(17)22(18)12-25(35)36/h3-8,11-13,15,23-24H,9-10,14H2,1-2H3,(H2,33,37)(H,34,38)/t15-,23?,24-/m0/s1. The van der Waals surface area contributed by atoms with Crippen LogP contribution in [0.4, 0.5) is 18.9 Å². The Labute approximate surface area is 232 Å². The fourth-order valence-corrected chi connectivity index (χ4v) is 4.71. The maximum Gasteiger partial charge on any atom is 0.414 e. The van der Waals surface area contributed by atoms with Gasteiger partial charge in [0, 0.05) is 54.1 Å². The molecule has 0 spiro atoms. The second-order valence-electron chi connectivity index (χ2n) is 9.53. The van der Waals surface area contributed by atoms with Gasteiger partial charge in [0.05, 0.1) is 12.7 Å². The number of rotatable bonds is 7. The Bertz CT molecular complexity index is 1470. The van der Waals surface area contributed by atoms with E-state index in [-0.39, 0.29) is 17.5 Å². The van der Waals surface area contributed by atoms with Crippen molar-refractivity contribution >= 4 is 29.1 Å². The van der Waals surface area contributed by atoms with Crippen LogP contribution >= 0.6 is 11.6 Å². The first kappa shape index (κ1) is 29.3. The van der Waals surface area contributed by atoms with Crippen molar-refractivity contribution in [3.8, 4) is 11.1 Å². The molecule has 3 aromatic rings. The van der Waals surface area contributed by atoms with Gasteiger partial charge >= 0.3 is 6.18 Å².